The van der Waals surface area contributed by atoms with Crippen molar-refractivity contribution >= 4 is 21.9 Å². The lowest BCUT2D eigenvalue weighted by Crippen LogP contribution is -1.99. The van der Waals surface area contributed by atoms with Gasteiger partial charge in [-0.25, -0.2) is 9.42 Å². The summed E-state index contributed by atoms with van der Waals surface area (Å²) in [5, 5.41) is 15.2. The number of nitrogens with zero attached hydrogens (tertiary/aromatic N) is 2. The zero-order chi connectivity index (χ0) is 7.56. The highest BCUT2D eigenvalue weighted by atomic mass is 79.9. The third-order valence-corrected chi connectivity index (χ3v) is 1.42. The van der Waals surface area contributed by atoms with E-state index in [0.29, 0.717) is 11.0 Å². The number of carboxylic acid groups (broad SMARTS) is 1. The number of carboxylic acids is 1. The number of aromatic nitrogens is 2. The third-order valence-electron chi connectivity index (χ3n) is 0.886. The molecule has 1 rings (SSSR count). The lowest BCUT2D eigenvalue weighted by atomic mass is 10.3. The van der Waals surface area contributed by atoms with E-state index in [2.05, 4.69) is 30.9 Å². The molecule has 0 saturated carbocycles. The van der Waals surface area contributed by atoms with Gasteiger partial charge in [-0.2, -0.15) is 0 Å². The van der Waals surface area contributed by atoms with Crippen LogP contribution < -0.4 is 0 Å². The molecule has 0 saturated heterocycles. The topological polar surface area (TPSA) is 76.2 Å². The maximum atomic E-state index is 10.3. The molecule has 54 valence electrons. The van der Waals surface area contributed by atoms with Gasteiger partial charge in [0.05, 0.1) is 5.33 Å². The Morgan fingerprint density at radius 2 is 2.40 bits per heavy atom. The molecular weight excluding hydrogens is 204 g/mol. The van der Waals surface area contributed by atoms with Gasteiger partial charge in [-0.3, -0.25) is 0 Å². The normalized spacial score (nSPS) is 9.70. The predicted octanol–water partition coefficient (Wildman–Crippen LogP) is 0.663. The van der Waals surface area contributed by atoms with Gasteiger partial charge in [-0.1, -0.05) is 21.1 Å². The first kappa shape index (κ1) is 7.20. The highest BCUT2D eigenvalue weighted by Gasteiger charge is 2.14. The highest BCUT2D eigenvalue weighted by Crippen LogP contribution is 2.06. The molecule has 0 atom stereocenters. The fourth-order valence-corrected chi connectivity index (χ4v) is 0.825. The molecule has 1 aromatic heterocycles. The zero-order valence-electron chi connectivity index (χ0n) is 4.74. The standard InChI is InChI=1S/C4H3BrN2O3/c5-1-2-3(4(8)9)7-10-6-2/h1H2,(H,8,9). The summed E-state index contributed by atoms with van der Waals surface area (Å²) in [6.45, 7) is 0. The summed E-state index contributed by atoms with van der Waals surface area (Å²) < 4.78 is 4.19. The van der Waals surface area contributed by atoms with Gasteiger partial charge in [-0.05, 0) is 5.16 Å². The van der Waals surface area contributed by atoms with Crippen LogP contribution >= 0.6 is 15.9 Å². The van der Waals surface area contributed by atoms with Gasteiger partial charge < -0.3 is 5.11 Å². The summed E-state index contributed by atoms with van der Waals surface area (Å²) in [4.78, 5) is 10.3. The average Bonchev–Trinajstić information content (AvgIpc) is 2.33. The van der Waals surface area contributed by atoms with Crippen LogP contribution in [0.3, 0.4) is 0 Å². The first-order valence-corrected chi connectivity index (χ1v) is 3.48. The lowest BCUT2D eigenvalue weighted by Gasteiger charge is -1.83. The van der Waals surface area contributed by atoms with Crippen molar-refractivity contribution < 1.29 is 14.5 Å². The molecular formula is C4H3BrN2O3. The second kappa shape index (κ2) is 2.78. The van der Waals surface area contributed by atoms with Gasteiger partial charge in [0, 0.05) is 0 Å². The molecule has 0 fully saturated rings. The molecule has 0 amide bonds. The van der Waals surface area contributed by atoms with Crippen molar-refractivity contribution in [3.05, 3.63) is 11.4 Å². The minimum atomic E-state index is -1.13. The van der Waals surface area contributed by atoms with Crippen molar-refractivity contribution in [2.75, 3.05) is 0 Å². The van der Waals surface area contributed by atoms with Gasteiger partial charge in [0.2, 0.25) is 5.69 Å². The summed E-state index contributed by atoms with van der Waals surface area (Å²) in [5.74, 6) is -1.13. The van der Waals surface area contributed by atoms with E-state index in [1.165, 1.54) is 0 Å². The summed E-state index contributed by atoms with van der Waals surface area (Å²) in [6, 6.07) is 0. The Hall–Kier alpha value is -0.910. The molecule has 0 unspecified atom stereocenters. The maximum Gasteiger partial charge on any atom is 0.360 e. The number of aromatic carboxylic acids is 1. The molecule has 10 heavy (non-hydrogen) atoms. The fraction of sp³-hybridized carbons (Fsp3) is 0.250. The molecule has 1 heterocycles. The first-order valence-electron chi connectivity index (χ1n) is 2.36. The second-order valence-corrected chi connectivity index (χ2v) is 2.06. The minimum Gasteiger partial charge on any atom is -0.476 e. The Bertz CT molecular complexity index is 246. The molecule has 5 nitrogen and oxygen atoms in total. The fourth-order valence-electron chi connectivity index (χ4n) is 0.457. The van der Waals surface area contributed by atoms with E-state index >= 15 is 0 Å². The van der Waals surface area contributed by atoms with Crippen LogP contribution in [-0.4, -0.2) is 21.4 Å². The Morgan fingerprint density at radius 3 is 2.80 bits per heavy atom. The average molecular weight is 207 g/mol. The lowest BCUT2D eigenvalue weighted by molar-refractivity contribution is 0.0684. The number of halogens is 1. The first-order chi connectivity index (χ1) is 4.75. The van der Waals surface area contributed by atoms with Crippen LogP contribution in [0.2, 0.25) is 0 Å². The number of hydrogen-bond donors (Lipinski definition) is 1. The third kappa shape index (κ3) is 1.15. The Morgan fingerprint density at radius 1 is 1.70 bits per heavy atom. The molecule has 0 aromatic carbocycles. The second-order valence-electron chi connectivity index (χ2n) is 1.50. The van der Waals surface area contributed by atoms with Crippen molar-refractivity contribution in [3.8, 4) is 0 Å². The smallest absolute Gasteiger partial charge is 0.360 e. The maximum absolute atomic E-state index is 10.3. The largest absolute Gasteiger partial charge is 0.476 e. The Labute approximate surface area is 64.1 Å². The van der Waals surface area contributed by atoms with E-state index in [1.54, 1.807) is 0 Å². The van der Waals surface area contributed by atoms with E-state index in [-0.39, 0.29) is 5.69 Å². The molecule has 0 bridgehead atoms. The van der Waals surface area contributed by atoms with Gasteiger partial charge in [0.1, 0.15) is 5.69 Å². The number of rotatable bonds is 2. The Kier molecular flexibility index (Phi) is 2.00. The van der Waals surface area contributed by atoms with Crippen LogP contribution in [0.4, 0.5) is 0 Å². The van der Waals surface area contributed by atoms with Crippen molar-refractivity contribution in [1.29, 1.82) is 0 Å². The highest BCUT2D eigenvalue weighted by molar-refractivity contribution is 9.08. The molecule has 0 aliphatic rings. The van der Waals surface area contributed by atoms with Crippen LogP contribution in [-0.2, 0) is 5.33 Å². The summed E-state index contributed by atoms with van der Waals surface area (Å²) >= 11 is 3.03. The zero-order valence-corrected chi connectivity index (χ0v) is 6.33. The molecule has 1 N–H and O–H groups in total. The van der Waals surface area contributed by atoms with Gasteiger partial charge in [0.25, 0.3) is 0 Å². The van der Waals surface area contributed by atoms with Crippen molar-refractivity contribution in [2.24, 2.45) is 0 Å². The number of alkyl halides is 1. The van der Waals surface area contributed by atoms with Crippen LogP contribution in [0.25, 0.3) is 0 Å². The molecule has 0 aliphatic carbocycles. The summed E-state index contributed by atoms with van der Waals surface area (Å²) in [7, 11) is 0. The van der Waals surface area contributed by atoms with Gasteiger partial charge >= 0.3 is 5.97 Å². The molecule has 6 heteroatoms. The van der Waals surface area contributed by atoms with Gasteiger partial charge in [-0.15, -0.1) is 0 Å². The molecule has 0 radical (unpaired) electrons. The number of carbonyl (C=O) groups is 1. The summed E-state index contributed by atoms with van der Waals surface area (Å²) in [6.07, 6.45) is 0. The minimum absolute atomic E-state index is 0.142. The molecule has 0 spiro atoms. The SMILES string of the molecule is O=C(O)c1nonc1CBr. The van der Waals surface area contributed by atoms with E-state index in [0.717, 1.165) is 0 Å². The predicted molar refractivity (Wildman–Crippen MR) is 33.9 cm³/mol. The Balaban J connectivity index is 3.01. The quantitative estimate of drug-likeness (QED) is 0.720. The van der Waals surface area contributed by atoms with Crippen molar-refractivity contribution in [2.45, 2.75) is 5.33 Å². The number of hydrogen-bond acceptors (Lipinski definition) is 4. The van der Waals surface area contributed by atoms with E-state index < -0.39 is 5.97 Å². The summed E-state index contributed by atoms with van der Waals surface area (Å²) in [5.41, 5.74) is 0.157. The van der Waals surface area contributed by atoms with Crippen molar-refractivity contribution in [1.82, 2.24) is 10.3 Å². The van der Waals surface area contributed by atoms with Crippen molar-refractivity contribution in [3.63, 3.8) is 0 Å². The van der Waals surface area contributed by atoms with Crippen LogP contribution in [0, 0.1) is 0 Å². The van der Waals surface area contributed by atoms with Gasteiger partial charge in [0.15, 0.2) is 0 Å². The van der Waals surface area contributed by atoms with E-state index in [4.69, 9.17) is 5.11 Å². The van der Waals surface area contributed by atoms with Crippen LogP contribution in [0.1, 0.15) is 16.2 Å². The van der Waals surface area contributed by atoms with E-state index in [9.17, 15) is 4.79 Å². The molecule has 1 aromatic rings. The van der Waals surface area contributed by atoms with Crippen LogP contribution in [0.15, 0.2) is 4.63 Å². The molecule has 0 aliphatic heterocycles. The monoisotopic (exact) mass is 206 g/mol. The van der Waals surface area contributed by atoms with Crippen LogP contribution in [0.5, 0.6) is 0 Å². The van der Waals surface area contributed by atoms with E-state index in [1.807, 2.05) is 0 Å².